The molecule has 0 aromatic heterocycles. The fourth-order valence-electron chi connectivity index (χ4n) is 4.98. The molecule has 0 aliphatic carbocycles. The lowest BCUT2D eigenvalue weighted by atomic mass is 9.97. The quantitative estimate of drug-likeness (QED) is 0.0590. The molecular weight excluding hydrogens is 680 g/mol. The van der Waals surface area contributed by atoms with Crippen molar-refractivity contribution < 1.29 is 48.6 Å². The Bertz CT molecular complexity index is 1610. The van der Waals surface area contributed by atoms with Crippen molar-refractivity contribution in [2.45, 2.75) is 76.7 Å². The normalized spacial score (nSPS) is 13.8. The first kappa shape index (κ1) is 42.5. The summed E-state index contributed by atoms with van der Waals surface area (Å²) in [4.78, 5) is 101. The number of hydrogen-bond acceptors (Lipinski definition) is 10. The molecule has 52 heavy (non-hydrogen) atoms. The van der Waals surface area contributed by atoms with E-state index in [0.29, 0.717) is 12.0 Å². The monoisotopic (exact) mass is 728 g/mol. The van der Waals surface area contributed by atoms with Crippen LogP contribution in [0.1, 0.15) is 45.6 Å². The van der Waals surface area contributed by atoms with Gasteiger partial charge in [0.15, 0.2) is 0 Å². The Kier molecular flexibility index (Phi) is 17.1. The number of carbonyl (C=O) groups is 8. The standard InChI is InChI=1S/C34H48N8O10/c1-18(2)29(34(52)38-17-27(45)37-12-7-13-43)42-30(48)19(3)39-32(50)25(16-26(36)44)41-33(51)24(40-31(49)23(35)15-28(46)47)14-21-10-6-9-20-8-4-5-11-22(20)21/h4-6,8-11,18-19,23-25,29,43H,7,12-17,35H2,1-3H3,(H2,36,44)(H,37,45)(H,38,52)(H,39,50)(H,40,49)(H,41,51)(H,42,48)(H,46,47)/t19-,23-,24-,25-,29-/m0/s1. The number of fused-ring (bicyclic) bond motifs is 1. The summed E-state index contributed by atoms with van der Waals surface area (Å²) in [6, 6.07) is 5.63. The summed E-state index contributed by atoms with van der Waals surface area (Å²) in [6.45, 7) is 4.31. The molecule has 2 aromatic carbocycles. The molecule has 2 aromatic rings. The third-order valence-corrected chi connectivity index (χ3v) is 7.79. The zero-order valence-corrected chi connectivity index (χ0v) is 29.3. The second-order valence-corrected chi connectivity index (χ2v) is 12.4. The van der Waals surface area contributed by atoms with Crippen LogP contribution in [0, 0.1) is 5.92 Å². The molecule has 0 saturated heterocycles. The molecule has 2 rings (SSSR count). The smallest absolute Gasteiger partial charge is 0.305 e. The van der Waals surface area contributed by atoms with Crippen LogP contribution in [0.4, 0.5) is 0 Å². The molecule has 7 amide bonds. The van der Waals surface area contributed by atoms with E-state index >= 15 is 0 Å². The summed E-state index contributed by atoms with van der Waals surface area (Å²) in [5, 5.41) is 34.2. The Labute approximate surface area is 300 Å². The van der Waals surface area contributed by atoms with Gasteiger partial charge in [-0.1, -0.05) is 56.3 Å². The van der Waals surface area contributed by atoms with E-state index in [4.69, 9.17) is 21.7 Å². The molecule has 0 heterocycles. The molecule has 12 N–H and O–H groups in total. The molecule has 5 atom stereocenters. The lowest BCUT2D eigenvalue weighted by molar-refractivity contribution is -0.140. The molecule has 0 saturated carbocycles. The van der Waals surface area contributed by atoms with Gasteiger partial charge in [-0.2, -0.15) is 0 Å². The van der Waals surface area contributed by atoms with Crippen LogP contribution in [-0.4, -0.2) is 107 Å². The second kappa shape index (κ2) is 20.9. The number of hydrogen-bond donors (Lipinski definition) is 10. The van der Waals surface area contributed by atoms with Crippen molar-refractivity contribution in [3.05, 3.63) is 48.0 Å². The fourth-order valence-corrected chi connectivity index (χ4v) is 4.98. The summed E-state index contributed by atoms with van der Waals surface area (Å²) >= 11 is 0. The number of aliphatic hydroxyl groups excluding tert-OH is 1. The molecule has 0 aliphatic rings. The summed E-state index contributed by atoms with van der Waals surface area (Å²) in [7, 11) is 0. The van der Waals surface area contributed by atoms with E-state index in [-0.39, 0.29) is 26.1 Å². The van der Waals surface area contributed by atoms with Crippen molar-refractivity contribution in [1.82, 2.24) is 31.9 Å². The Morgan fingerprint density at radius 3 is 2.00 bits per heavy atom. The minimum absolute atomic E-state index is 0.117. The first-order valence-electron chi connectivity index (χ1n) is 16.6. The highest BCUT2D eigenvalue weighted by Crippen LogP contribution is 2.20. The Morgan fingerprint density at radius 1 is 0.731 bits per heavy atom. The summed E-state index contributed by atoms with van der Waals surface area (Å²) < 4.78 is 0. The minimum atomic E-state index is -1.62. The van der Waals surface area contributed by atoms with Gasteiger partial charge in [-0.15, -0.1) is 0 Å². The number of benzene rings is 2. The summed E-state index contributed by atoms with van der Waals surface area (Å²) in [6.07, 6.45) is -1.20. The molecule has 284 valence electrons. The number of rotatable bonds is 21. The van der Waals surface area contributed by atoms with E-state index in [1.807, 2.05) is 18.2 Å². The maximum Gasteiger partial charge on any atom is 0.305 e. The number of nitrogens with two attached hydrogens (primary N) is 2. The van der Waals surface area contributed by atoms with Crippen LogP contribution in [0.3, 0.4) is 0 Å². The number of primary amides is 1. The molecule has 0 aliphatic heterocycles. The van der Waals surface area contributed by atoms with Crippen molar-refractivity contribution in [3.8, 4) is 0 Å². The minimum Gasteiger partial charge on any atom is -0.481 e. The van der Waals surface area contributed by atoms with E-state index < -0.39 is 96.3 Å². The maximum absolute atomic E-state index is 13.7. The molecule has 0 spiro atoms. The van der Waals surface area contributed by atoms with Crippen LogP contribution >= 0.6 is 0 Å². The van der Waals surface area contributed by atoms with Gasteiger partial charge >= 0.3 is 5.97 Å². The van der Waals surface area contributed by atoms with Crippen LogP contribution < -0.4 is 43.4 Å². The van der Waals surface area contributed by atoms with E-state index in [0.717, 1.165) is 10.8 Å². The summed E-state index contributed by atoms with van der Waals surface area (Å²) in [5.41, 5.74) is 11.7. The van der Waals surface area contributed by atoms with E-state index in [1.54, 1.807) is 38.1 Å². The Hall–Kier alpha value is -5.62. The zero-order chi connectivity index (χ0) is 39.0. The summed E-state index contributed by atoms with van der Waals surface area (Å²) in [5.74, 6) is -7.59. The van der Waals surface area contributed by atoms with Gasteiger partial charge < -0.3 is 53.6 Å². The fraction of sp³-hybridized carbons (Fsp3) is 0.471. The second-order valence-electron chi connectivity index (χ2n) is 12.4. The number of carbonyl (C=O) groups excluding carboxylic acids is 7. The number of carboxylic acid groups (broad SMARTS) is 1. The van der Waals surface area contributed by atoms with E-state index in [2.05, 4.69) is 31.9 Å². The number of aliphatic hydroxyl groups is 1. The van der Waals surface area contributed by atoms with Crippen LogP contribution in [0.25, 0.3) is 10.8 Å². The predicted molar refractivity (Wildman–Crippen MR) is 188 cm³/mol. The van der Waals surface area contributed by atoms with Crippen LogP contribution in [0.5, 0.6) is 0 Å². The predicted octanol–water partition coefficient (Wildman–Crippen LogP) is -2.71. The van der Waals surface area contributed by atoms with Crippen molar-refractivity contribution in [2.75, 3.05) is 19.7 Å². The lowest BCUT2D eigenvalue weighted by Crippen LogP contribution is -2.59. The van der Waals surface area contributed by atoms with Crippen LogP contribution in [0.2, 0.25) is 0 Å². The number of nitrogens with one attached hydrogen (secondary N) is 6. The van der Waals surface area contributed by atoms with Crippen molar-refractivity contribution in [1.29, 1.82) is 0 Å². The topological polar surface area (TPSA) is 301 Å². The van der Waals surface area contributed by atoms with Gasteiger partial charge in [0.2, 0.25) is 41.4 Å². The molecule has 0 bridgehead atoms. The van der Waals surface area contributed by atoms with Gasteiger partial charge in [0, 0.05) is 19.6 Å². The number of amides is 7. The number of carboxylic acids is 1. The highest BCUT2D eigenvalue weighted by atomic mass is 16.4. The van der Waals surface area contributed by atoms with Crippen molar-refractivity contribution in [3.63, 3.8) is 0 Å². The van der Waals surface area contributed by atoms with Gasteiger partial charge in [-0.25, -0.2) is 0 Å². The molecule has 0 radical (unpaired) electrons. The third-order valence-electron chi connectivity index (χ3n) is 7.79. The van der Waals surface area contributed by atoms with Crippen molar-refractivity contribution >= 4 is 58.1 Å². The average Bonchev–Trinajstić information content (AvgIpc) is 3.08. The van der Waals surface area contributed by atoms with Gasteiger partial charge in [0.25, 0.3) is 0 Å². The van der Waals surface area contributed by atoms with Crippen LogP contribution in [0.15, 0.2) is 42.5 Å². The van der Waals surface area contributed by atoms with Gasteiger partial charge in [0.1, 0.15) is 24.2 Å². The highest BCUT2D eigenvalue weighted by Gasteiger charge is 2.32. The van der Waals surface area contributed by atoms with E-state index in [1.165, 1.54) is 6.92 Å². The lowest BCUT2D eigenvalue weighted by Gasteiger charge is -2.26. The average molecular weight is 729 g/mol. The first-order chi connectivity index (χ1) is 24.5. The highest BCUT2D eigenvalue weighted by molar-refractivity contribution is 5.98. The maximum atomic E-state index is 13.7. The Balaban J connectivity index is 2.21. The van der Waals surface area contributed by atoms with Crippen molar-refractivity contribution in [2.24, 2.45) is 17.4 Å². The molecular formula is C34H48N8O10. The first-order valence-corrected chi connectivity index (χ1v) is 16.6. The third kappa shape index (κ3) is 13.9. The zero-order valence-electron chi connectivity index (χ0n) is 29.3. The van der Waals surface area contributed by atoms with Crippen LogP contribution in [-0.2, 0) is 44.8 Å². The molecule has 0 unspecified atom stereocenters. The van der Waals surface area contributed by atoms with Gasteiger partial charge in [-0.3, -0.25) is 38.4 Å². The largest absolute Gasteiger partial charge is 0.481 e. The molecule has 18 heteroatoms. The Morgan fingerprint density at radius 2 is 1.37 bits per heavy atom. The molecule has 18 nitrogen and oxygen atoms in total. The number of aliphatic carboxylic acids is 1. The SMILES string of the molecule is CC(C)[C@H](NC(=O)[C@H](C)NC(=O)[C@H](CC(N)=O)NC(=O)[C@H](Cc1cccc2ccccc12)NC(=O)[C@@H](N)CC(=O)O)C(=O)NCC(=O)NCCCO. The van der Waals surface area contributed by atoms with E-state index in [9.17, 15) is 38.4 Å². The van der Waals surface area contributed by atoms with Gasteiger partial charge in [-0.05, 0) is 35.6 Å². The van der Waals surface area contributed by atoms with Gasteiger partial charge in [0.05, 0.1) is 25.4 Å². The molecule has 0 fully saturated rings.